The van der Waals surface area contributed by atoms with E-state index in [-0.39, 0.29) is 0 Å². The van der Waals surface area contributed by atoms with Crippen molar-refractivity contribution in [3.8, 4) is 11.5 Å². The Hall–Kier alpha value is -1.97. The first-order chi connectivity index (χ1) is 14.7. The van der Waals surface area contributed by atoms with Gasteiger partial charge in [0.25, 0.3) is 0 Å². The van der Waals surface area contributed by atoms with Crippen molar-refractivity contribution in [2.24, 2.45) is 5.73 Å². The Morgan fingerprint density at radius 1 is 0.833 bits per heavy atom. The second-order valence-electron chi connectivity index (χ2n) is 8.02. The van der Waals surface area contributed by atoms with Gasteiger partial charge in [-0.05, 0) is 50.3 Å². The molecule has 0 unspecified atom stereocenters. The maximum atomic E-state index is 11.2. The molecule has 0 aliphatic heterocycles. The molecule has 4 nitrogen and oxygen atoms in total. The van der Waals surface area contributed by atoms with Gasteiger partial charge in [0.05, 0.1) is 13.7 Å². The summed E-state index contributed by atoms with van der Waals surface area (Å²) in [6.45, 7) is 2.93. The first-order valence-electron chi connectivity index (χ1n) is 11.9. The first-order valence-corrected chi connectivity index (χ1v) is 11.9. The van der Waals surface area contributed by atoms with Crippen LogP contribution in [0.1, 0.15) is 107 Å². The number of hydrogen-bond donors (Lipinski definition) is 1. The van der Waals surface area contributed by atoms with Crippen LogP contribution < -0.4 is 15.2 Å². The summed E-state index contributed by atoms with van der Waals surface area (Å²) < 4.78 is 11.1. The van der Waals surface area contributed by atoms with Crippen molar-refractivity contribution in [3.05, 3.63) is 35.9 Å². The number of methoxy groups -OCH3 is 1. The van der Waals surface area contributed by atoms with E-state index in [0.29, 0.717) is 23.7 Å². The molecule has 0 aliphatic carbocycles. The van der Waals surface area contributed by atoms with Crippen molar-refractivity contribution in [2.45, 2.75) is 96.8 Å². The molecule has 0 heterocycles. The molecule has 0 radical (unpaired) electrons. The molecule has 0 spiro atoms. The van der Waals surface area contributed by atoms with Gasteiger partial charge in [0.15, 0.2) is 11.5 Å². The topological polar surface area (TPSA) is 61.5 Å². The fraction of sp³-hybridized carbons (Fsp3) is 0.654. The lowest BCUT2D eigenvalue weighted by molar-refractivity contribution is 0.1000. The molecule has 1 aromatic rings. The van der Waals surface area contributed by atoms with E-state index in [1.54, 1.807) is 25.3 Å². The van der Waals surface area contributed by atoms with Crippen LogP contribution in [0.2, 0.25) is 0 Å². The zero-order valence-corrected chi connectivity index (χ0v) is 19.3. The Labute approximate surface area is 184 Å². The molecule has 0 aromatic heterocycles. The molecule has 1 amide bonds. The number of primary amides is 1. The summed E-state index contributed by atoms with van der Waals surface area (Å²) in [5.41, 5.74) is 5.72. The summed E-state index contributed by atoms with van der Waals surface area (Å²) in [5.74, 6) is 0.749. The maximum absolute atomic E-state index is 11.2. The van der Waals surface area contributed by atoms with Gasteiger partial charge in [0.1, 0.15) is 0 Å². The SMILES string of the molecule is CCCCCCCC/C=C\CCCCCCCCOc1ccc(C(N)=O)cc1OC. The van der Waals surface area contributed by atoms with Crippen LogP contribution in [0, 0.1) is 0 Å². The molecule has 4 heteroatoms. The van der Waals surface area contributed by atoms with Gasteiger partial charge >= 0.3 is 0 Å². The van der Waals surface area contributed by atoms with E-state index >= 15 is 0 Å². The molecular weight excluding hydrogens is 374 g/mol. The molecular formula is C26H43NO3. The van der Waals surface area contributed by atoms with E-state index in [1.807, 2.05) is 0 Å². The fourth-order valence-corrected chi connectivity index (χ4v) is 3.47. The number of amides is 1. The lowest BCUT2D eigenvalue weighted by atomic mass is 10.1. The van der Waals surface area contributed by atoms with Crippen molar-refractivity contribution in [1.82, 2.24) is 0 Å². The third-order valence-corrected chi connectivity index (χ3v) is 5.36. The standard InChI is InChI=1S/C26H43NO3/c1-3-4-5-6-7-8-9-10-11-12-13-14-15-16-17-18-21-30-24-20-19-23(26(27)28)22-25(24)29-2/h10-11,19-20,22H,3-9,12-18,21H2,1-2H3,(H2,27,28)/b11-10-. The highest BCUT2D eigenvalue weighted by atomic mass is 16.5. The van der Waals surface area contributed by atoms with E-state index in [0.717, 1.165) is 6.42 Å². The first kappa shape index (κ1) is 26.1. The number of allylic oxidation sites excluding steroid dienone is 2. The Balaban J connectivity index is 1.95. The Morgan fingerprint density at radius 2 is 1.40 bits per heavy atom. The molecule has 0 bridgehead atoms. The minimum absolute atomic E-state index is 0.427. The summed E-state index contributed by atoms with van der Waals surface area (Å²) >= 11 is 0. The predicted molar refractivity (Wildman–Crippen MR) is 126 cm³/mol. The van der Waals surface area contributed by atoms with E-state index < -0.39 is 5.91 Å². The van der Waals surface area contributed by atoms with Crippen LogP contribution in [-0.4, -0.2) is 19.6 Å². The van der Waals surface area contributed by atoms with Gasteiger partial charge in [-0.25, -0.2) is 0 Å². The lowest BCUT2D eigenvalue weighted by Gasteiger charge is -2.11. The number of ether oxygens (including phenoxy) is 2. The van der Waals surface area contributed by atoms with Gasteiger partial charge < -0.3 is 15.2 Å². The normalized spacial score (nSPS) is 11.1. The molecule has 0 saturated carbocycles. The van der Waals surface area contributed by atoms with Crippen molar-refractivity contribution in [1.29, 1.82) is 0 Å². The van der Waals surface area contributed by atoms with Crippen LogP contribution >= 0.6 is 0 Å². The van der Waals surface area contributed by atoms with E-state index in [1.165, 1.54) is 83.5 Å². The van der Waals surface area contributed by atoms with Gasteiger partial charge in [-0.3, -0.25) is 4.79 Å². The Morgan fingerprint density at radius 3 is 1.97 bits per heavy atom. The molecule has 0 fully saturated rings. The molecule has 0 saturated heterocycles. The summed E-state index contributed by atoms with van der Waals surface area (Å²) in [7, 11) is 1.57. The molecule has 2 N–H and O–H groups in total. The molecule has 30 heavy (non-hydrogen) atoms. The minimum atomic E-state index is -0.465. The van der Waals surface area contributed by atoms with Gasteiger partial charge in [-0.1, -0.05) is 76.9 Å². The van der Waals surface area contributed by atoms with Gasteiger partial charge in [-0.2, -0.15) is 0 Å². The summed E-state index contributed by atoms with van der Waals surface area (Å²) in [5, 5.41) is 0. The molecule has 1 rings (SSSR count). The average Bonchev–Trinajstić information content (AvgIpc) is 2.75. The van der Waals surface area contributed by atoms with Crippen LogP contribution in [-0.2, 0) is 0 Å². The maximum Gasteiger partial charge on any atom is 0.248 e. The smallest absolute Gasteiger partial charge is 0.248 e. The quantitative estimate of drug-likeness (QED) is 0.191. The van der Waals surface area contributed by atoms with E-state index in [4.69, 9.17) is 15.2 Å². The fourth-order valence-electron chi connectivity index (χ4n) is 3.47. The minimum Gasteiger partial charge on any atom is -0.493 e. The van der Waals surface area contributed by atoms with Crippen LogP contribution in [0.25, 0.3) is 0 Å². The molecule has 1 aromatic carbocycles. The number of unbranched alkanes of at least 4 members (excludes halogenated alkanes) is 12. The van der Waals surface area contributed by atoms with E-state index in [9.17, 15) is 4.79 Å². The second-order valence-corrected chi connectivity index (χ2v) is 8.02. The molecule has 0 aliphatic rings. The monoisotopic (exact) mass is 417 g/mol. The van der Waals surface area contributed by atoms with Crippen molar-refractivity contribution < 1.29 is 14.3 Å². The number of carbonyl (C=O) groups is 1. The largest absolute Gasteiger partial charge is 0.493 e. The van der Waals surface area contributed by atoms with Gasteiger partial charge in [-0.15, -0.1) is 0 Å². The summed E-state index contributed by atoms with van der Waals surface area (Å²) in [6, 6.07) is 5.04. The Kier molecular flexibility index (Phi) is 15.5. The number of benzene rings is 1. The average molecular weight is 418 g/mol. The third-order valence-electron chi connectivity index (χ3n) is 5.36. The van der Waals surface area contributed by atoms with Crippen molar-refractivity contribution >= 4 is 5.91 Å². The highest BCUT2D eigenvalue weighted by Crippen LogP contribution is 2.28. The zero-order valence-electron chi connectivity index (χ0n) is 19.3. The van der Waals surface area contributed by atoms with Crippen molar-refractivity contribution in [2.75, 3.05) is 13.7 Å². The molecule has 170 valence electrons. The van der Waals surface area contributed by atoms with Crippen LogP contribution in [0.5, 0.6) is 11.5 Å². The third kappa shape index (κ3) is 12.6. The number of hydrogen-bond acceptors (Lipinski definition) is 3. The summed E-state index contributed by atoms with van der Waals surface area (Å²) in [6.07, 6.45) is 22.9. The number of rotatable bonds is 19. The van der Waals surface area contributed by atoms with Gasteiger partial charge in [0, 0.05) is 5.56 Å². The predicted octanol–water partition coefficient (Wildman–Crippen LogP) is 7.21. The molecule has 0 atom stereocenters. The number of carbonyl (C=O) groups excluding carboxylic acids is 1. The van der Waals surface area contributed by atoms with E-state index in [2.05, 4.69) is 19.1 Å². The Bertz CT molecular complexity index is 598. The highest BCUT2D eigenvalue weighted by Gasteiger charge is 2.08. The second kappa shape index (κ2) is 17.9. The van der Waals surface area contributed by atoms with Crippen LogP contribution in [0.3, 0.4) is 0 Å². The number of nitrogens with two attached hydrogens (primary N) is 1. The lowest BCUT2D eigenvalue weighted by Crippen LogP contribution is -2.11. The zero-order chi connectivity index (χ0) is 21.9. The van der Waals surface area contributed by atoms with Gasteiger partial charge in [0.2, 0.25) is 5.91 Å². The van der Waals surface area contributed by atoms with Crippen LogP contribution in [0.15, 0.2) is 30.4 Å². The van der Waals surface area contributed by atoms with Crippen molar-refractivity contribution in [3.63, 3.8) is 0 Å². The summed E-state index contributed by atoms with van der Waals surface area (Å²) in [4.78, 5) is 11.2. The van der Waals surface area contributed by atoms with Crippen LogP contribution in [0.4, 0.5) is 0 Å². The highest BCUT2D eigenvalue weighted by molar-refractivity contribution is 5.93.